The van der Waals surface area contributed by atoms with E-state index in [1.165, 1.54) is 12.1 Å². The van der Waals surface area contributed by atoms with Gasteiger partial charge in [-0.1, -0.05) is 18.2 Å². The van der Waals surface area contributed by atoms with E-state index in [4.69, 9.17) is 0 Å². The van der Waals surface area contributed by atoms with Crippen LogP contribution < -0.4 is 0 Å². The van der Waals surface area contributed by atoms with Crippen LogP contribution in [0.4, 0.5) is 5.69 Å². The predicted octanol–water partition coefficient (Wildman–Crippen LogP) is 2.48. The highest BCUT2D eigenvalue weighted by Crippen LogP contribution is 2.06. The predicted molar refractivity (Wildman–Crippen MR) is 61.1 cm³/mol. The Labute approximate surface area is 99.2 Å². The highest BCUT2D eigenvalue weighted by molar-refractivity contribution is 5.35. The minimum Gasteiger partial charge on any atom is -0.301 e. The van der Waals surface area contributed by atoms with Crippen LogP contribution in [0, 0.1) is 10.1 Å². The molecule has 1 rings (SSSR count). The van der Waals surface area contributed by atoms with Crippen LogP contribution in [0.15, 0.2) is 30.3 Å². The molecular weight excluding hydrogens is 226 g/mol. The summed E-state index contributed by atoms with van der Waals surface area (Å²) >= 11 is 0. The molecule has 6 nitrogen and oxygen atoms in total. The maximum Gasteiger partial charge on any atom is 0.330 e. The molecule has 0 bridgehead atoms. The molecule has 94 valence electrons. The number of non-ortho nitro benzene ring substituents is 1. The highest BCUT2D eigenvalue weighted by Gasteiger charge is 2.10. The average Bonchev–Trinajstić information content (AvgIpc) is 2.27. The lowest BCUT2D eigenvalue weighted by atomic mass is 10.2. The Bertz CT molecular complexity index is 345. The Morgan fingerprint density at radius 3 is 2.00 bits per heavy atom. The Morgan fingerprint density at radius 1 is 1.24 bits per heavy atom. The molecule has 0 radical (unpaired) electrons. The van der Waals surface area contributed by atoms with Crippen molar-refractivity contribution in [2.45, 2.75) is 26.4 Å². The van der Waals surface area contributed by atoms with Crippen molar-refractivity contribution in [2.24, 2.45) is 0 Å². The van der Waals surface area contributed by atoms with E-state index in [1.807, 2.05) is 0 Å². The molecule has 0 saturated carbocycles. The zero-order chi connectivity index (χ0) is 13.3. The summed E-state index contributed by atoms with van der Waals surface area (Å²) in [7, 11) is 0. The van der Waals surface area contributed by atoms with Crippen molar-refractivity contribution in [3.8, 4) is 0 Å². The second kappa shape index (κ2) is 7.34. The van der Waals surface area contributed by atoms with Crippen molar-refractivity contribution in [1.29, 1.82) is 0 Å². The zero-order valence-electron chi connectivity index (χ0n) is 9.95. The van der Waals surface area contributed by atoms with E-state index in [9.17, 15) is 14.9 Å². The van der Waals surface area contributed by atoms with Gasteiger partial charge in [-0.2, -0.15) is 4.89 Å². The van der Waals surface area contributed by atoms with E-state index in [1.54, 1.807) is 39.0 Å². The van der Waals surface area contributed by atoms with Crippen molar-refractivity contribution in [2.75, 3.05) is 0 Å². The third-order valence-corrected chi connectivity index (χ3v) is 1.30. The molecule has 0 amide bonds. The SMILES string of the molecule is CC(C)(C)OOC=O.O=[N+]([O-])c1ccccc1. The van der Waals surface area contributed by atoms with Gasteiger partial charge in [-0.25, -0.2) is 0 Å². The van der Waals surface area contributed by atoms with E-state index >= 15 is 0 Å². The molecule has 0 spiro atoms. The second-order valence-electron chi connectivity index (χ2n) is 3.98. The Hall–Kier alpha value is -1.95. The first-order chi connectivity index (χ1) is 7.87. The van der Waals surface area contributed by atoms with Crippen molar-refractivity contribution in [3.63, 3.8) is 0 Å². The van der Waals surface area contributed by atoms with Crippen molar-refractivity contribution >= 4 is 12.2 Å². The molecule has 1 aromatic carbocycles. The Morgan fingerprint density at radius 2 is 1.76 bits per heavy atom. The van der Waals surface area contributed by atoms with Gasteiger partial charge in [0.2, 0.25) is 0 Å². The molecule has 0 saturated heterocycles. The van der Waals surface area contributed by atoms with Crippen molar-refractivity contribution in [1.82, 2.24) is 0 Å². The van der Waals surface area contributed by atoms with Crippen LogP contribution in [-0.2, 0) is 14.6 Å². The third-order valence-electron chi connectivity index (χ3n) is 1.30. The summed E-state index contributed by atoms with van der Waals surface area (Å²) in [5.74, 6) is 0. The summed E-state index contributed by atoms with van der Waals surface area (Å²) in [5.41, 5.74) is -0.265. The molecule has 1 aromatic rings. The highest BCUT2D eigenvalue weighted by atomic mass is 17.2. The fraction of sp³-hybridized carbons (Fsp3) is 0.364. The van der Waals surface area contributed by atoms with Gasteiger partial charge in [0.15, 0.2) is 0 Å². The number of para-hydroxylation sites is 1. The first-order valence-corrected chi connectivity index (χ1v) is 4.84. The van der Waals surface area contributed by atoms with Gasteiger partial charge in [0, 0.05) is 12.1 Å². The summed E-state index contributed by atoms with van der Waals surface area (Å²) in [6.07, 6.45) is 0. The lowest BCUT2D eigenvalue weighted by Crippen LogP contribution is -2.18. The van der Waals surface area contributed by atoms with Gasteiger partial charge in [-0.05, 0) is 20.8 Å². The maximum absolute atomic E-state index is 10.0. The van der Waals surface area contributed by atoms with Crippen LogP contribution in [0.5, 0.6) is 0 Å². The van der Waals surface area contributed by atoms with E-state index in [0.717, 1.165) is 0 Å². The normalized spacial score (nSPS) is 9.82. The lowest BCUT2D eigenvalue weighted by Gasteiger charge is -2.13. The number of nitro groups is 1. The molecule has 6 heteroatoms. The minimum absolute atomic E-state index is 0.137. The number of nitrogens with zero attached hydrogens (tertiary/aromatic N) is 1. The number of nitro benzene ring substituents is 1. The number of hydrogen-bond acceptors (Lipinski definition) is 5. The van der Waals surface area contributed by atoms with E-state index in [0.29, 0.717) is 0 Å². The Kier molecular flexibility index (Phi) is 6.50. The van der Waals surface area contributed by atoms with Gasteiger partial charge >= 0.3 is 6.47 Å². The minimum atomic E-state index is -0.417. The fourth-order valence-corrected chi connectivity index (χ4v) is 0.714. The van der Waals surface area contributed by atoms with Crippen LogP contribution in [0.1, 0.15) is 20.8 Å². The van der Waals surface area contributed by atoms with Crippen molar-refractivity contribution < 1.29 is 19.5 Å². The summed E-state index contributed by atoms with van der Waals surface area (Å²) in [5, 5.41) is 10.0. The number of benzene rings is 1. The van der Waals surface area contributed by atoms with Crippen LogP contribution in [0.2, 0.25) is 0 Å². The number of hydrogen-bond donors (Lipinski definition) is 0. The molecule has 0 fully saturated rings. The number of carbonyl (C=O) groups excluding carboxylic acids is 1. The summed E-state index contributed by atoms with van der Waals surface area (Å²) in [6.45, 7) is 5.62. The molecule has 0 N–H and O–H groups in total. The largest absolute Gasteiger partial charge is 0.330 e. The molecule has 0 heterocycles. The number of carbonyl (C=O) groups is 1. The van der Waals surface area contributed by atoms with Crippen molar-refractivity contribution in [3.05, 3.63) is 40.4 Å². The van der Waals surface area contributed by atoms with Crippen LogP contribution >= 0.6 is 0 Å². The van der Waals surface area contributed by atoms with E-state index in [-0.39, 0.29) is 12.2 Å². The average molecular weight is 241 g/mol. The van der Waals surface area contributed by atoms with Gasteiger partial charge in [0.1, 0.15) is 5.60 Å². The van der Waals surface area contributed by atoms with Gasteiger partial charge in [0.25, 0.3) is 5.69 Å². The van der Waals surface area contributed by atoms with Crippen LogP contribution in [0.25, 0.3) is 0 Å². The van der Waals surface area contributed by atoms with Gasteiger partial charge in [-0.15, -0.1) is 0 Å². The molecule has 0 unspecified atom stereocenters. The second-order valence-corrected chi connectivity index (χ2v) is 3.98. The fourth-order valence-electron chi connectivity index (χ4n) is 0.714. The molecule has 0 aliphatic rings. The summed E-state index contributed by atoms with van der Waals surface area (Å²) < 4.78 is 0. The first kappa shape index (κ1) is 15.0. The monoisotopic (exact) mass is 241 g/mol. The van der Waals surface area contributed by atoms with Gasteiger partial charge < -0.3 is 4.89 Å². The summed E-state index contributed by atoms with van der Waals surface area (Å²) in [6, 6.07) is 7.93. The molecule has 0 aromatic heterocycles. The smallest absolute Gasteiger partial charge is 0.301 e. The first-order valence-electron chi connectivity index (χ1n) is 4.84. The standard InChI is InChI=1S/C6H5NO2.C5H10O3/c8-7(9)6-4-2-1-3-5-6;1-5(2,3)8-7-4-6/h1-5H;4H,1-3H3. The van der Waals surface area contributed by atoms with Crippen LogP contribution in [-0.4, -0.2) is 17.0 Å². The molecule has 0 atom stereocenters. The molecule has 17 heavy (non-hydrogen) atoms. The topological polar surface area (TPSA) is 78.7 Å². The van der Waals surface area contributed by atoms with Crippen LogP contribution in [0.3, 0.4) is 0 Å². The maximum atomic E-state index is 10.0. The molecule has 0 aliphatic heterocycles. The lowest BCUT2D eigenvalue weighted by molar-refractivity contribution is -0.384. The Balaban J connectivity index is 0.000000304. The number of rotatable bonds is 3. The molecular formula is C11H15NO5. The van der Waals surface area contributed by atoms with Gasteiger partial charge in [0.05, 0.1) is 4.92 Å². The van der Waals surface area contributed by atoms with E-state index < -0.39 is 10.5 Å². The zero-order valence-corrected chi connectivity index (χ0v) is 9.95. The third kappa shape index (κ3) is 9.01. The quantitative estimate of drug-likeness (QED) is 0.351. The summed E-state index contributed by atoms with van der Waals surface area (Å²) in [4.78, 5) is 27.6. The molecule has 0 aliphatic carbocycles. The van der Waals surface area contributed by atoms with E-state index in [2.05, 4.69) is 9.78 Å². The van der Waals surface area contributed by atoms with Gasteiger partial charge in [-0.3, -0.25) is 14.9 Å².